The minimum absolute atomic E-state index is 0.791. The predicted octanol–water partition coefficient (Wildman–Crippen LogP) is 3.18. The van der Waals surface area contributed by atoms with Crippen molar-refractivity contribution in [3.8, 4) is 0 Å². The van der Waals surface area contributed by atoms with Crippen LogP contribution in [0.5, 0.6) is 0 Å². The van der Waals surface area contributed by atoms with E-state index in [4.69, 9.17) is 0 Å². The van der Waals surface area contributed by atoms with Crippen molar-refractivity contribution in [3.63, 3.8) is 0 Å². The van der Waals surface area contributed by atoms with Crippen LogP contribution < -0.4 is 5.32 Å². The van der Waals surface area contributed by atoms with Gasteiger partial charge in [-0.15, -0.1) is 11.8 Å². The van der Waals surface area contributed by atoms with E-state index >= 15 is 0 Å². The first-order valence-electron chi connectivity index (χ1n) is 5.70. The van der Waals surface area contributed by atoms with Crippen LogP contribution in [0, 0.1) is 6.92 Å². The third-order valence-electron chi connectivity index (χ3n) is 3.11. The summed E-state index contributed by atoms with van der Waals surface area (Å²) in [4.78, 5) is 1.52. The Morgan fingerprint density at radius 3 is 3.13 bits per heavy atom. The normalized spacial score (nSPS) is 19.2. The molecule has 1 N–H and O–H groups in total. The minimum atomic E-state index is 0.791. The Kier molecular flexibility index (Phi) is 3.71. The van der Waals surface area contributed by atoms with Gasteiger partial charge in [0.25, 0.3) is 0 Å². The van der Waals surface area contributed by atoms with Gasteiger partial charge in [-0.2, -0.15) is 0 Å². The van der Waals surface area contributed by atoms with Gasteiger partial charge in [0, 0.05) is 10.6 Å². The summed E-state index contributed by atoms with van der Waals surface area (Å²) < 4.78 is 0. The molecule has 15 heavy (non-hydrogen) atoms. The molecular weight excluding hydrogens is 202 g/mol. The van der Waals surface area contributed by atoms with Crippen LogP contribution >= 0.6 is 11.8 Å². The van der Waals surface area contributed by atoms with Gasteiger partial charge in [0.1, 0.15) is 0 Å². The van der Waals surface area contributed by atoms with Crippen LogP contribution in [-0.2, 0) is 0 Å². The van der Waals surface area contributed by atoms with Gasteiger partial charge in [0.2, 0.25) is 0 Å². The van der Waals surface area contributed by atoms with Crippen LogP contribution in [0.4, 0.5) is 0 Å². The third kappa shape index (κ3) is 2.37. The Bertz CT molecular complexity index is 335. The highest BCUT2D eigenvalue weighted by atomic mass is 32.2. The molecule has 1 heterocycles. The van der Waals surface area contributed by atoms with Crippen molar-refractivity contribution >= 4 is 11.8 Å². The lowest BCUT2D eigenvalue weighted by atomic mass is 9.93. The molecule has 0 bridgehead atoms. The highest BCUT2D eigenvalue weighted by molar-refractivity contribution is 7.99. The Hall–Kier alpha value is -0.470. The molecule has 2 rings (SSSR count). The summed E-state index contributed by atoms with van der Waals surface area (Å²) in [6, 6.07) is 6.69. The van der Waals surface area contributed by atoms with Gasteiger partial charge in [-0.3, -0.25) is 0 Å². The monoisotopic (exact) mass is 221 g/mol. The quantitative estimate of drug-likeness (QED) is 0.784. The number of fused-ring (bicyclic) bond motifs is 1. The van der Waals surface area contributed by atoms with E-state index in [0.717, 1.165) is 12.5 Å². The van der Waals surface area contributed by atoms with Crippen LogP contribution in [0.3, 0.4) is 0 Å². The largest absolute Gasteiger partial charge is 0.320 e. The van der Waals surface area contributed by atoms with Gasteiger partial charge in [0.15, 0.2) is 0 Å². The number of nitrogens with one attached hydrogen (secondary N) is 1. The van der Waals surface area contributed by atoms with Crippen molar-refractivity contribution in [2.24, 2.45) is 0 Å². The summed E-state index contributed by atoms with van der Waals surface area (Å²) in [5.74, 6) is 2.07. The van der Waals surface area contributed by atoms with E-state index in [1.54, 1.807) is 5.56 Å². The van der Waals surface area contributed by atoms with Gasteiger partial charge in [-0.1, -0.05) is 12.1 Å². The van der Waals surface area contributed by atoms with Gasteiger partial charge >= 0.3 is 0 Å². The van der Waals surface area contributed by atoms with E-state index in [0.29, 0.717) is 0 Å². The maximum absolute atomic E-state index is 3.22. The van der Waals surface area contributed by atoms with Crippen LogP contribution in [-0.4, -0.2) is 19.3 Å². The standard InChI is InChI=1S/C13H19NS/c1-10-5-3-7-12-13(10)11(9-15-12)6-4-8-14-2/h3,5,7,11,14H,4,6,8-9H2,1-2H3. The number of aryl methyl sites for hydroxylation is 1. The predicted molar refractivity (Wildman–Crippen MR) is 67.8 cm³/mol. The molecule has 82 valence electrons. The highest BCUT2D eigenvalue weighted by Crippen LogP contribution is 2.43. The molecular formula is C13H19NS. The molecule has 1 atom stereocenters. The fourth-order valence-electron chi connectivity index (χ4n) is 2.33. The van der Waals surface area contributed by atoms with Crippen molar-refractivity contribution < 1.29 is 0 Å². The van der Waals surface area contributed by atoms with Gasteiger partial charge < -0.3 is 5.32 Å². The summed E-state index contributed by atoms with van der Waals surface area (Å²) in [6.07, 6.45) is 2.61. The molecule has 0 saturated carbocycles. The van der Waals surface area contributed by atoms with E-state index in [1.165, 1.54) is 29.1 Å². The SMILES string of the molecule is CNCCCC1CSc2cccc(C)c21. The first-order valence-corrected chi connectivity index (χ1v) is 6.68. The van der Waals surface area contributed by atoms with Crippen LogP contribution in [0.25, 0.3) is 0 Å². The summed E-state index contributed by atoms with van der Waals surface area (Å²) in [5.41, 5.74) is 3.10. The van der Waals surface area contributed by atoms with Crippen LogP contribution in [0.1, 0.15) is 29.9 Å². The summed E-state index contributed by atoms with van der Waals surface area (Å²) in [5, 5.41) is 3.22. The average molecular weight is 221 g/mol. The van der Waals surface area contributed by atoms with Gasteiger partial charge in [-0.05, 0) is 56.5 Å². The van der Waals surface area contributed by atoms with E-state index in [2.05, 4.69) is 30.4 Å². The number of benzene rings is 1. The lowest BCUT2D eigenvalue weighted by Gasteiger charge is -2.12. The van der Waals surface area contributed by atoms with Crippen molar-refractivity contribution in [1.82, 2.24) is 5.32 Å². The van der Waals surface area contributed by atoms with Crippen molar-refractivity contribution in [1.29, 1.82) is 0 Å². The number of thioether (sulfide) groups is 1. The number of rotatable bonds is 4. The lowest BCUT2D eigenvalue weighted by Crippen LogP contribution is -2.09. The number of hydrogen-bond acceptors (Lipinski definition) is 2. The molecule has 0 fully saturated rings. The molecule has 1 aliphatic heterocycles. The Morgan fingerprint density at radius 1 is 1.47 bits per heavy atom. The second kappa shape index (κ2) is 5.04. The van der Waals surface area contributed by atoms with Crippen molar-refractivity contribution in [3.05, 3.63) is 29.3 Å². The first-order chi connectivity index (χ1) is 7.33. The Morgan fingerprint density at radius 2 is 2.33 bits per heavy atom. The Balaban J connectivity index is 2.07. The van der Waals surface area contributed by atoms with Gasteiger partial charge in [-0.25, -0.2) is 0 Å². The third-order valence-corrected chi connectivity index (χ3v) is 4.35. The van der Waals surface area contributed by atoms with Crippen molar-refractivity contribution in [2.45, 2.75) is 30.6 Å². The molecule has 0 radical (unpaired) electrons. The summed E-state index contributed by atoms with van der Waals surface area (Å²) in [7, 11) is 2.03. The fraction of sp³-hybridized carbons (Fsp3) is 0.538. The van der Waals surface area contributed by atoms with Crippen LogP contribution in [0.15, 0.2) is 23.1 Å². The lowest BCUT2D eigenvalue weighted by molar-refractivity contribution is 0.612. The highest BCUT2D eigenvalue weighted by Gasteiger charge is 2.23. The second-order valence-electron chi connectivity index (χ2n) is 4.24. The molecule has 1 aromatic rings. The van der Waals surface area contributed by atoms with E-state index in [9.17, 15) is 0 Å². The molecule has 0 aliphatic carbocycles. The number of hydrogen-bond donors (Lipinski definition) is 1. The van der Waals surface area contributed by atoms with Gasteiger partial charge in [0.05, 0.1) is 0 Å². The van der Waals surface area contributed by atoms with E-state index in [-0.39, 0.29) is 0 Å². The van der Waals surface area contributed by atoms with E-state index in [1.807, 2.05) is 18.8 Å². The summed E-state index contributed by atoms with van der Waals surface area (Å²) in [6.45, 7) is 3.39. The molecule has 1 aromatic carbocycles. The minimum Gasteiger partial charge on any atom is -0.320 e. The maximum atomic E-state index is 3.22. The zero-order valence-electron chi connectivity index (χ0n) is 9.55. The Labute approximate surface area is 96.7 Å². The zero-order valence-corrected chi connectivity index (χ0v) is 10.4. The van der Waals surface area contributed by atoms with Crippen LogP contribution in [0.2, 0.25) is 0 Å². The first kappa shape index (κ1) is 11.0. The second-order valence-corrected chi connectivity index (χ2v) is 5.30. The molecule has 2 heteroatoms. The topological polar surface area (TPSA) is 12.0 Å². The van der Waals surface area contributed by atoms with E-state index < -0.39 is 0 Å². The fourth-order valence-corrected chi connectivity index (χ4v) is 3.70. The smallest absolute Gasteiger partial charge is 0.0110 e. The summed E-state index contributed by atoms with van der Waals surface area (Å²) >= 11 is 2.03. The molecule has 1 nitrogen and oxygen atoms in total. The molecule has 0 aromatic heterocycles. The molecule has 0 amide bonds. The molecule has 0 saturated heterocycles. The molecule has 1 aliphatic rings. The maximum Gasteiger partial charge on any atom is 0.0110 e. The zero-order chi connectivity index (χ0) is 10.7. The molecule has 1 unspecified atom stereocenters. The molecule has 0 spiro atoms. The van der Waals surface area contributed by atoms with Crippen molar-refractivity contribution in [2.75, 3.05) is 19.3 Å². The average Bonchev–Trinajstić information content (AvgIpc) is 2.63.